The third kappa shape index (κ3) is 3.38. The third-order valence-corrected chi connectivity index (χ3v) is 6.80. The zero-order valence-corrected chi connectivity index (χ0v) is 16.4. The summed E-state index contributed by atoms with van der Waals surface area (Å²) in [5.41, 5.74) is 2.10. The summed E-state index contributed by atoms with van der Waals surface area (Å²) in [7, 11) is 0. The van der Waals surface area contributed by atoms with Gasteiger partial charge in [0.2, 0.25) is 5.91 Å². The Kier molecular flexibility index (Phi) is 4.75. The van der Waals surface area contributed by atoms with E-state index in [-0.39, 0.29) is 17.2 Å². The number of benzene rings is 1. The fraction of sp³-hybridized carbons (Fsp3) is 0.636. The van der Waals surface area contributed by atoms with Gasteiger partial charge in [-0.1, -0.05) is 26.0 Å². The molecule has 3 fully saturated rings. The Morgan fingerprint density at radius 1 is 1.07 bits per heavy atom. The molecule has 0 radical (unpaired) electrons. The predicted octanol–water partition coefficient (Wildman–Crippen LogP) is 3.49. The molecule has 1 atom stereocenters. The average Bonchev–Trinajstić information content (AvgIpc) is 3.44. The van der Waals surface area contributed by atoms with Crippen molar-refractivity contribution in [2.75, 3.05) is 24.5 Å². The van der Waals surface area contributed by atoms with Crippen LogP contribution in [0.4, 0.5) is 5.69 Å². The van der Waals surface area contributed by atoms with Crippen LogP contribution in [0.3, 0.4) is 0 Å². The molecule has 3 aliphatic rings. The minimum absolute atomic E-state index is 0.0670. The van der Waals surface area contributed by atoms with Gasteiger partial charge in [0.1, 0.15) is 6.04 Å². The van der Waals surface area contributed by atoms with Gasteiger partial charge in [-0.25, -0.2) is 0 Å². The van der Waals surface area contributed by atoms with Crippen molar-refractivity contribution < 1.29 is 14.7 Å². The Balaban J connectivity index is 1.43. The smallest absolute Gasteiger partial charge is 0.321 e. The molecule has 5 nitrogen and oxygen atoms in total. The molecule has 1 spiro atoms. The van der Waals surface area contributed by atoms with Crippen molar-refractivity contribution in [1.82, 2.24) is 4.90 Å². The molecule has 1 N–H and O–H groups in total. The summed E-state index contributed by atoms with van der Waals surface area (Å²) < 4.78 is 0. The van der Waals surface area contributed by atoms with Gasteiger partial charge < -0.3 is 10.0 Å². The summed E-state index contributed by atoms with van der Waals surface area (Å²) in [5.74, 6) is 0.276. The molecule has 1 saturated carbocycles. The molecule has 27 heavy (non-hydrogen) atoms. The number of likely N-dealkylation sites (tertiary alicyclic amines) is 1. The maximum Gasteiger partial charge on any atom is 0.321 e. The topological polar surface area (TPSA) is 60.9 Å². The normalized spacial score (nSPS) is 24.0. The van der Waals surface area contributed by atoms with Crippen LogP contribution in [0.1, 0.15) is 57.4 Å². The van der Waals surface area contributed by atoms with Crippen LogP contribution in [0.5, 0.6) is 0 Å². The van der Waals surface area contributed by atoms with Gasteiger partial charge in [0.15, 0.2) is 0 Å². The molecule has 2 saturated heterocycles. The van der Waals surface area contributed by atoms with E-state index in [4.69, 9.17) is 0 Å². The van der Waals surface area contributed by atoms with Gasteiger partial charge in [-0.05, 0) is 61.6 Å². The van der Waals surface area contributed by atoms with Crippen LogP contribution in [0, 0.1) is 11.3 Å². The van der Waals surface area contributed by atoms with Gasteiger partial charge >= 0.3 is 5.97 Å². The molecule has 0 aromatic heterocycles. The van der Waals surface area contributed by atoms with Crippen molar-refractivity contribution in [2.24, 2.45) is 11.3 Å². The van der Waals surface area contributed by atoms with E-state index in [1.165, 1.54) is 18.4 Å². The second kappa shape index (κ2) is 6.93. The lowest BCUT2D eigenvalue weighted by atomic mass is 9.76. The average molecular weight is 370 g/mol. The number of carboxylic acids is 1. The molecule has 1 aromatic carbocycles. The van der Waals surface area contributed by atoms with Crippen LogP contribution in [0.2, 0.25) is 0 Å². The number of rotatable bonds is 5. The lowest BCUT2D eigenvalue weighted by Crippen LogP contribution is -2.52. The zero-order valence-electron chi connectivity index (χ0n) is 16.4. The Hall–Kier alpha value is -1.88. The zero-order chi connectivity index (χ0) is 19.2. The highest BCUT2D eigenvalue weighted by atomic mass is 16.4. The number of aliphatic carboxylic acids is 1. The van der Waals surface area contributed by atoms with E-state index >= 15 is 0 Å². The molecule has 4 rings (SSSR count). The minimum Gasteiger partial charge on any atom is -0.480 e. The number of carbonyl (C=O) groups is 2. The monoisotopic (exact) mass is 370 g/mol. The summed E-state index contributed by atoms with van der Waals surface area (Å²) in [6.45, 7) is 6.06. The first-order chi connectivity index (χ1) is 12.9. The van der Waals surface area contributed by atoms with Gasteiger partial charge in [-0.2, -0.15) is 0 Å². The molecule has 5 heteroatoms. The molecule has 1 aliphatic carbocycles. The van der Waals surface area contributed by atoms with E-state index in [1.807, 2.05) is 18.7 Å². The largest absolute Gasteiger partial charge is 0.480 e. The lowest BCUT2D eigenvalue weighted by molar-refractivity contribution is -0.146. The van der Waals surface area contributed by atoms with Crippen LogP contribution >= 0.6 is 0 Å². The number of nitrogens with zero attached hydrogens (tertiary/aromatic N) is 2. The Bertz CT molecular complexity index is 716. The fourth-order valence-corrected chi connectivity index (χ4v) is 4.97. The maximum atomic E-state index is 13.2. The summed E-state index contributed by atoms with van der Waals surface area (Å²) >= 11 is 0. The number of hydrogen-bond acceptors (Lipinski definition) is 3. The summed E-state index contributed by atoms with van der Waals surface area (Å²) in [6.07, 6.45) is 4.98. The lowest BCUT2D eigenvalue weighted by Gasteiger charge is -2.41. The molecule has 1 amide bonds. The van der Waals surface area contributed by atoms with E-state index in [2.05, 4.69) is 29.2 Å². The van der Waals surface area contributed by atoms with Crippen LogP contribution in [-0.4, -0.2) is 47.6 Å². The molecule has 2 heterocycles. The molecule has 0 bridgehead atoms. The van der Waals surface area contributed by atoms with E-state index in [0.717, 1.165) is 37.4 Å². The van der Waals surface area contributed by atoms with Crippen molar-refractivity contribution in [3.8, 4) is 0 Å². The predicted molar refractivity (Wildman–Crippen MR) is 105 cm³/mol. The molecule has 146 valence electrons. The van der Waals surface area contributed by atoms with Crippen LogP contribution in [-0.2, 0) is 9.59 Å². The van der Waals surface area contributed by atoms with Gasteiger partial charge in [0.05, 0.1) is 5.41 Å². The second-order valence-corrected chi connectivity index (χ2v) is 8.92. The third-order valence-electron chi connectivity index (χ3n) is 6.80. The summed E-state index contributed by atoms with van der Waals surface area (Å²) in [6, 6.07) is 8.09. The highest BCUT2D eigenvalue weighted by molar-refractivity contribution is 6.00. The second-order valence-electron chi connectivity index (χ2n) is 8.92. The first kappa shape index (κ1) is 18.5. The number of hydrogen-bond donors (Lipinski definition) is 1. The van der Waals surface area contributed by atoms with Crippen molar-refractivity contribution in [3.63, 3.8) is 0 Å². The number of piperidine rings is 1. The van der Waals surface area contributed by atoms with Crippen LogP contribution in [0.15, 0.2) is 24.3 Å². The number of amides is 1. The molecular weight excluding hydrogens is 340 g/mol. The Morgan fingerprint density at radius 2 is 1.67 bits per heavy atom. The quantitative estimate of drug-likeness (QED) is 0.862. The number of carbonyl (C=O) groups excluding carboxylic acids is 1. The van der Waals surface area contributed by atoms with Crippen molar-refractivity contribution in [3.05, 3.63) is 29.8 Å². The molecule has 1 unspecified atom stereocenters. The highest BCUT2D eigenvalue weighted by Crippen LogP contribution is 2.45. The molecule has 1 aromatic rings. The molecule has 2 aliphatic heterocycles. The fourth-order valence-electron chi connectivity index (χ4n) is 4.97. The Morgan fingerprint density at radius 3 is 2.19 bits per heavy atom. The van der Waals surface area contributed by atoms with Gasteiger partial charge in [-0.15, -0.1) is 0 Å². The van der Waals surface area contributed by atoms with Gasteiger partial charge in [0, 0.05) is 25.3 Å². The summed E-state index contributed by atoms with van der Waals surface area (Å²) in [4.78, 5) is 28.9. The number of carboxylic acid groups (broad SMARTS) is 1. The van der Waals surface area contributed by atoms with Crippen LogP contribution < -0.4 is 4.90 Å². The minimum atomic E-state index is -0.754. The van der Waals surface area contributed by atoms with Crippen LogP contribution in [0.25, 0.3) is 0 Å². The Labute approximate surface area is 161 Å². The van der Waals surface area contributed by atoms with E-state index in [0.29, 0.717) is 13.1 Å². The standard InChI is InChI=1S/C22H30N2O3/c1-15(2)19(20(25)26)23-12-9-22(10-13-23)11-14-24(21(22)27)18-7-5-17(6-8-18)16-3-4-16/h5-8,15-16,19H,3-4,9-14H2,1-2H3,(H,25,26). The van der Waals surface area contributed by atoms with Crippen molar-refractivity contribution in [1.29, 1.82) is 0 Å². The van der Waals surface area contributed by atoms with E-state index in [9.17, 15) is 14.7 Å². The van der Waals surface area contributed by atoms with Gasteiger partial charge in [-0.3, -0.25) is 14.5 Å². The summed E-state index contributed by atoms with van der Waals surface area (Å²) in [5, 5.41) is 9.54. The van der Waals surface area contributed by atoms with Crippen molar-refractivity contribution in [2.45, 2.75) is 57.9 Å². The molecular formula is C22H30N2O3. The maximum absolute atomic E-state index is 13.2. The SMILES string of the molecule is CC(C)C(C(=O)O)N1CCC2(CCN(c3ccc(C4CC4)cc3)C2=O)CC1. The highest BCUT2D eigenvalue weighted by Gasteiger charge is 2.49. The first-order valence-electron chi connectivity index (χ1n) is 10.3. The van der Waals surface area contributed by atoms with E-state index in [1.54, 1.807) is 0 Å². The van der Waals surface area contributed by atoms with E-state index < -0.39 is 12.0 Å². The first-order valence-corrected chi connectivity index (χ1v) is 10.3. The number of anilines is 1. The van der Waals surface area contributed by atoms with Gasteiger partial charge in [0.25, 0.3) is 0 Å². The van der Waals surface area contributed by atoms with Crippen molar-refractivity contribution >= 4 is 17.6 Å².